The highest BCUT2D eigenvalue weighted by molar-refractivity contribution is 8.14. The Morgan fingerprint density at radius 2 is 1.94 bits per heavy atom. The van der Waals surface area contributed by atoms with E-state index in [-0.39, 0.29) is 16.1 Å². The van der Waals surface area contributed by atoms with Gasteiger partial charge in [0.15, 0.2) is 5.17 Å². The van der Waals surface area contributed by atoms with Crippen molar-refractivity contribution in [3.8, 4) is 5.75 Å². The number of sulfonamides is 1. The van der Waals surface area contributed by atoms with Crippen LogP contribution in [0.15, 0.2) is 58.4 Å². The summed E-state index contributed by atoms with van der Waals surface area (Å²) in [7, 11) is -0.568. The van der Waals surface area contributed by atoms with Crippen molar-refractivity contribution in [3.05, 3.63) is 54.1 Å². The number of benzene rings is 2. The summed E-state index contributed by atoms with van der Waals surface area (Å²) in [5, 5.41) is 0.816. The topological polar surface area (TPSA) is 79.3 Å². The van der Waals surface area contributed by atoms with Crippen molar-refractivity contribution in [1.82, 2.24) is 9.21 Å². The van der Waals surface area contributed by atoms with Crippen molar-refractivity contribution in [2.45, 2.75) is 36.8 Å². The molecule has 1 unspecified atom stereocenters. The Kier molecular flexibility index (Phi) is 7.97. The first-order chi connectivity index (χ1) is 15.2. The van der Waals surface area contributed by atoms with E-state index in [4.69, 9.17) is 4.74 Å². The normalized spacial score (nSPS) is 17.8. The van der Waals surface area contributed by atoms with E-state index in [2.05, 4.69) is 4.99 Å². The lowest BCUT2D eigenvalue weighted by molar-refractivity contribution is -0.127. The van der Waals surface area contributed by atoms with Gasteiger partial charge in [0.25, 0.3) is 0 Å². The van der Waals surface area contributed by atoms with Gasteiger partial charge >= 0.3 is 0 Å². The second kappa shape index (κ2) is 10.5. The monoisotopic (exact) mass is 475 g/mol. The van der Waals surface area contributed by atoms with Gasteiger partial charge in [0, 0.05) is 32.3 Å². The molecule has 2 aromatic carbocycles. The van der Waals surface area contributed by atoms with Gasteiger partial charge in [-0.05, 0) is 43.7 Å². The number of hydrogen-bond donors (Lipinski definition) is 0. The van der Waals surface area contributed by atoms with Crippen molar-refractivity contribution in [3.63, 3.8) is 0 Å². The summed E-state index contributed by atoms with van der Waals surface area (Å²) in [6.45, 7) is 5.11. The third-order valence-corrected chi connectivity index (χ3v) is 7.81. The van der Waals surface area contributed by atoms with Crippen molar-refractivity contribution in [1.29, 1.82) is 0 Å². The van der Waals surface area contributed by atoms with E-state index in [0.29, 0.717) is 36.8 Å². The number of aryl methyl sites for hydroxylation is 1. The van der Waals surface area contributed by atoms with E-state index in [1.54, 1.807) is 23.1 Å². The van der Waals surface area contributed by atoms with Crippen LogP contribution in [-0.4, -0.2) is 61.2 Å². The van der Waals surface area contributed by atoms with Gasteiger partial charge in [-0.1, -0.05) is 42.4 Å². The Bertz CT molecular complexity index is 1080. The van der Waals surface area contributed by atoms with E-state index in [1.165, 1.54) is 41.8 Å². The van der Waals surface area contributed by atoms with Crippen LogP contribution in [0.5, 0.6) is 5.75 Å². The number of aliphatic imine (C=N–C) groups is 1. The summed E-state index contributed by atoms with van der Waals surface area (Å²) in [5.41, 5.74) is 1.68. The molecule has 1 aliphatic rings. The maximum absolute atomic E-state index is 12.8. The Labute approximate surface area is 194 Å². The molecule has 9 heteroatoms. The highest BCUT2D eigenvalue weighted by Crippen LogP contribution is 2.30. The molecule has 0 bridgehead atoms. The lowest BCUT2D eigenvalue weighted by Gasteiger charge is -2.16. The zero-order chi connectivity index (χ0) is 23.3. The van der Waals surface area contributed by atoms with Crippen LogP contribution in [0.3, 0.4) is 0 Å². The average molecular weight is 476 g/mol. The van der Waals surface area contributed by atoms with Gasteiger partial charge in [-0.25, -0.2) is 17.7 Å². The molecule has 0 aliphatic carbocycles. The van der Waals surface area contributed by atoms with Crippen LogP contribution in [0, 0.1) is 6.92 Å². The molecule has 0 spiro atoms. The Morgan fingerprint density at radius 1 is 1.22 bits per heavy atom. The number of rotatable bonds is 8. The van der Waals surface area contributed by atoms with E-state index in [9.17, 15) is 13.2 Å². The van der Waals surface area contributed by atoms with Gasteiger partial charge < -0.3 is 4.74 Å². The van der Waals surface area contributed by atoms with Crippen molar-refractivity contribution in [2.75, 3.05) is 27.2 Å². The fourth-order valence-electron chi connectivity index (χ4n) is 3.13. The number of carbonyl (C=O) groups excluding carboxylic acids is 1. The van der Waals surface area contributed by atoms with Crippen LogP contribution >= 0.6 is 11.8 Å². The molecule has 7 nitrogen and oxygen atoms in total. The highest BCUT2D eigenvalue weighted by Gasteiger charge is 2.30. The van der Waals surface area contributed by atoms with Gasteiger partial charge in [-0.2, -0.15) is 0 Å². The largest absolute Gasteiger partial charge is 0.494 e. The summed E-state index contributed by atoms with van der Waals surface area (Å²) in [6.07, 6.45) is 0.958. The van der Waals surface area contributed by atoms with Crippen LogP contribution in [0.1, 0.15) is 25.3 Å². The van der Waals surface area contributed by atoms with Gasteiger partial charge in [-0.15, -0.1) is 0 Å². The molecule has 1 amide bonds. The van der Waals surface area contributed by atoms with E-state index in [0.717, 1.165) is 5.75 Å². The number of hydrogen-bond acceptors (Lipinski definition) is 6. The van der Waals surface area contributed by atoms with Crippen LogP contribution < -0.4 is 4.74 Å². The van der Waals surface area contributed by atoms with Gasteiger partial charge in [0.1, 0.15) is 5.75 Å². The number of carbonyl (C=O) groups is 1. The van der Waals surface area contributed by atoms with Crippen LogP contribution in [0.25, 0.3) is 0 Å². The lowest BCUT2D eigenvalue weighted by atomic mass is 10.2. The molecule has 1 saturated heterocycles. The minimum absolute atomic E-state index is 0.00910. The predicted octanol–water partition coefficient (Wildman–Crippen LogP) is 4.06. The number of ether oxygens (including phenoxy) is 1. The van der Waals surface area contributed by atoms with Crippen molar-refractivity contribution < 1.29 is 17.9 Å². The Balaban J connectivity index is 1.65. The van der Waals surface area contributed by atoms with E-state index in [1.807, 2.05) is 38.1 Å². The summed E-state index contributed by atoms with van der Waals surface area (Å²) >= 11 is 1.52. The predicted molar refractivity (Wildman–Crippen MR) is 129 cm³/mol. The SMILES string of the molecule is Cc1ccc(OCCCC(=O)N2CC(C)SC2=Nc2cccc(S(=O)(=O)N(C)C)c2)cc1. The molecule has 2 aromatic rings. The fraction of sp³-hybridized carbons (Fsp3) is 0.391. The number of nitrogens with zero attached hydrogens (tertiary/aromatic N) is 3. The second-order valence-electron chi connectivity index (χ2n) is 7.88. The third-order valence-electron chi connectivity index (χ3n) is 4.92. The number of thioether (sulfide) groups is 1. The zero-order valence-corrected chi connectivity index (χ0v) is 20.4. The fourth-order valence-corrected chi connectivity index (χ4v) is 5.12. The maximum Gasteiger partial charge on any atom is 0.242 e. The summed E-state index contributed by atoms with van der Waals surface area (Å²) in [6, 6.07) is 14.3. The average Bonchev–Trinajstić information content (AvgIpc) is 3.12. The Morgan fingerprint density at radius 3 is 2.62 bits per heavy atom. The first kappa shape index (κ1) is 24.3. The maximum atomic E-state index is 12.8. The zero-order valence-electron chi connectivity index (χ0n) is 18.8. The molecule has 0 aromatic heterocycles. The molecule has 1 fully saturated rings. The molecule has 0 N–H and O–H groups in total. The molecule has 1 aliphatic heterocycles. The third kappa shape index (κ3) is 6.11. The van der Waals surface area contributed by atoms with Crippen LogP contribution in [-0.2, 0) is 14.8 Å². The van der Waals surface area contributed by atoms with Gasteiger partial charge in [0.2, 0.25) is 15.9 Å². The molecule has 1 atom stereocenters. The van der Waals surface area contributed by atoms with Crippen LogP contribution in [0.2, 0.25) is 0 Å². The molecule has 0 saturated carbocycles. The Hall–Kier alpha value is -2.36. The van der Waals surface area contributed by atoms with Crippen LogP contribution in [0.4, 0.5) is 5.69 Å². The summed E-state index contributed by atoms with van der Waals surface area (Å²) in [5.74, 6) is 0.786. The molecule has 172 valence electrons. The van der Waals surface area contributed by atoms with Gasteiger partial charge in [0.05, 0.1) is 17.2 Å². The standard InChI is InChI=1S/C23H29N3O4S2/c1-17-10-12-20(13-11-17)30-14-6-9-22(27)26-16-18(2)31-23(26)24-19-7-5-8-21(15-19)32(28,29)25(3)4/h5,7-8,10-13,15,18H,6,9,14,16H2,1-4H3. The minimum Gasteiger partial charge on any atom is -0.494 e. The molecule has 3 rings (SSSR count). The molecule has 0 radical (unpaired) electrons. The summed E-state index contributed by atoms with van der Waals surface area (Å²) in [4.78, 5) is 19.3. The number of amidine groups is 1. The first-order valence-corrected chi connectivity index (χ1v) is 12.8. The number of amides is 1. The molecular formula is C23H29N3O4S2. The van der Waals surface area contributed by atoms with Crippen molar-refractivity contribution >= 4 is 38.5 Å². The minimum atomic E-state index is -3.55. The quantitative estimate of drug-likeness (QED) is 0.538. The molecule has 1 heterocycles. The highest BCUT2D eigenvalue weighted by atomic mass is 32.2. The molecular weight excluding hydrogens is 446 g/mol. The lowest BCUT2D eigenvalue weighted by Crippen LogP contribution is -2.32. The second-order valence-corrected chi connectivity index (χ2v) is 11.4. The van der Waals surface area contributed by atoms with E-state index >= 15 is 0 Å². The summed E-state index contributed by atoms with van der Waals surface area (Å²) < 4.78 is 31.7. The van der Waals surface area contributed by atoms with Gasteiger partial charge in [-0.3, -0.25) is 9.69 Å². The first-order valence-electron chi connectivity index (χ1n) is 10.4. The smallest absolute Gasteiger partial charge is 0.242 e. The molecule has 32 heavy (non-hydrogen) atoms. The van der Waals surface area contributed by atoms with Crippen molar-refractivity contribution in [2.24, 2.45) is 4.99 Å². The van der Waals surface area contributed by atoms with E-state index < -0.39 is 10.0 Å².